The second kappa shape index (κ2) is 4.03. The van der Waals surface area contributed by atoms with Gasteiger partial charge in [-0.3, -0.25) is 4.79 Å². The van der Waals surface area contributed by atoms with Crippen LogP contribution in [-0.2, 0) is 4.79 Å². The number of carbonyl (C=O) groups is 1. The molecule has 3 heterocycles. The number of carbonyl (C=O) groups excluding carboxylic acids is 1. The highest BCUT2D eigenvalue weighted by atomic mass is 32.1. The lowest BCUT2D eigenvalue weighted by atomic mass is 10.2. The third-order valence-corrected chi connectivity index (χ3v) is 2.99. The molecule has 4 nitrogen and oxygen atoms in total. The van der Waals surface area contributed by atoms with Gasteiger partial charge in [0.25, 0.3) is 5.91 Å². The van der Waals surface area contributed by atoms with Gasteiger partial charge in [-0.1, -0.05) is 0 Å². The van der Waals surface area contributed by atoms with Crippen molar-refractivity contribution in [3.63, 3.8) is 0 Å². The number of ether oxygens (including phenoxy) is 1. The molecule has 2 aromatic rings. The van der Waals surface area contributed by atoms with Crippen LogP contribution in [0.15, 0.2) is 40.9 Å². The summed E-state index contributed by atoms with van der Waals surface area (Å²) < 4.78 is 5.51. The number of fused-ring (bicyclic) bond motifs is 1. The fraction of sp³-hybridized carbons (Fsp3) is 0. The van der Waals surface area contributed by atoms with E-state index in [9.17, 15) is 4.79 Å². The maximum atomic E-state index is 11.7. The predicted molar refractivity (Wildman–Crippen MR) is 65.8 cm³/mol. The number of thiophene rings is 1. The topological polar surface area (TPSA) is 51.2 Å². The Morgan fingerprint density at radius 1 is 1.41 bits per heavy atom. The fourth-order valence-electron chi connectivity index (χ4n) is 1.50. The van der Waals surface area contributed by atoms with Gasteiger partial charge in [0, 0.05) is 6.20 Å². The normalized spacial score (nSPS) is 16.2. The van der Waals surface area contributed by atoms with Gasteiger partial charge >= 0.3 is 0 Å². The van der Waals surface area contributed by atoms with Gasteiger partial charge in [-0.2, -0.15) is 11.3 Å². The second-order valence-corrected chi connectivity index (χ2v) is 4.25. The lowest BCUT2D eigenvalue weighted by Gasteiger charge is -2.18. The number of pyridine rings is 1. The Morgan fingerprint density at radius 3 is 3.18 bits per heavy atom. The van der Waals surface area contributed by atoms with Crippen LogP contribution in [0.5, 0.6) is 5.75 Å². The van der Waals surface area contributed by atoms with E-state index in [0.717, 1.165) is 5.56 Å². The van der Waals surface area contributed by atoms with Gasteiger partial charge in [-0.15, -0.1) is 0 Å². The molecular formula is C12H8N2O2S. The van der Waals surface area contributed by atoms with Crippen molar-refractivity contribution in [1.82, 2.24) is 4.98 Å². The molecule has 17 heavy (non-hydrogen) atoms. The zero-order valence-corrected chi connectivity index (χ0v) is 9.53. The van der Waals surface area contributed by atoms with E-state index in [0.29, 0.717) is 11.6 Å². The third kappa shape index (κ3) is 1.92. The monoisotopic (exact) mass is 244 g/mol. The van der Waals surface area contributed by atoms with Crippen molar-refractivity contribution in [2.24, 2.45) is 0 Å². The number of aromatic nitrogens is 1. The SMILES string of the molecule is O=C1Nc2ncccc2OC1=Cc1ccsc1. The van der Waals surface area contributed by atoms with E-state index in [1.165, 1.54) is 0 Å². The predicted octanol–water partition coefficient (Wildman–Crippen LogP) is 2.52. The number of nitrogens with one attached hydrogen (secondary N) is 1. The van der Waals surface area contributed by atoms with Gasteiger partial charge in [0.1, 0.15) is 0 Å². The lowest BCUT2D eigenvalue weighted by molar-refractivity contribution is -0.115. The van der Waals surface area contributed by atoms with Crippen LogP contribution in [0, 0.1) is 0 Å². The Labute approximate surface area is 102 Å². The zero-order chi connectivity index (χ0) is 11.7. The molecule has 0 atom stereocenters. The summed E-state index contributed by atoms with van der Waals surface area (Å²) in [6.45, 7) is 0. The minimum absolute atomic E-state index is 0.276. The number of anilines is 1. The summed E-state index contributed by atoms with van der Waals surface area (Å²) in [5.41, 5.74) is 0.951. The zero-order valence-electron chi connectivity index (χ0n) is 8.71. The number of nitrogens with zero attached hydrogens (tertiary/aromatic N) is 1. The van der Waals surface area contributed by atoms with Gasteiger partial charge < -0.3 is 10.1 Å². The molecular weight excluding hydrogens is 236 g/mol. The molecule has 1 aliphatic heterocycles. The van der Waals surface area contributed by atoms with E-state index in [1.807, 2.05) is 16.8 Å². The Bertz CT molecular complexity index is 590. The molecule has 0 aliphatic carbocycles. The quantitative estimate of drug-likeness (QED) is 0.784. The average molecular weight is 244 g/mol. The van der Waals surface area contributed by atoms with Crippen molar-refractivity contribution in [2.75, 3.05) is 5.32 Å². The van der Waals surface area contributed by atoms with Gasteiger partial charge in [0.15, 0.2) is 17.3 Å². The first kappa shape index (κ1) is 10.0. The minimum Gasteiger partial charge on any atom is -0.448 e. The Morgan fingerprint density at radius 2 is 2.35 bits per heavy atom. The van der Waals surface area contributed by atoms with E-state index < -0.39 is 0 Å². The first-order chi connectivity index (χ1) is 8.33. The summed E-state index contributed by atoms with van der Waals surface area (Å²) in [4.78, 5) is 15.8. The molecule has 0 radical (unpaired) electrons. The molecule has 1 amide bonds. The van der Waals surface area contributed by atoms with Crippen molar-refractivity contribution in [1.29, 1.82) is 0 Å². The molecule has 0 unspecified atom stereocenters. The van der Waals surface area contributed by atoms with E-state index in [1.54, 1.807) is 35.7 Å². The van der Waals surface area contributed by atoms with Crippen molar-refractivity contribution in [3.8, 4) is 5.75 Å². The molecule has 1 N–H and O–H groups in total. The smallest absolute Gasteiger partial charge is 0.292 e. The van der Waals surface area contributed by atoms with Crippen LogP contribution >= 0.6 is 11.3 Å². The maximum absolute atomic E-state index is 11.7. The van der Waals surface area contributed by atoms with Gasteiger partial charge in [-0.25, -0.2) is 4.98 Å². The molecule has 5 heteroatoms. The standard InChI is InChI=1S/C12H8N2O2S/c15-12-10(6-8-3-5-17-7-8)16-9-2-1-4-13-11(9)14-12/h1-7H,(H,13,14,15). The maximum Gasteiger partial charge on any atom is 0.292 e. The summed E-state index contributed by atoms with van der Waals surface area (Å²) in [5, 5.41) is 6.58. The minimum atomic E-state index is -0.276. The number of hydrogen-bond donors (Lipinski definition) is 1. The van der Waals surface area contributed by atoms with Gasteiger partial charge in [0.05, 0.1) is 0 Å². The summed E-state index contributed by atoms with van der Waals surface area (Å²) in [5.74, 6) is 1.03. The Balaban J connectivity index is 1.97. The van der Waals surface area contributed by atoms with E-state index in [4.69, 9.17) is 4.74 Å². The molecule has 3 rings (SSSR count). The van der Waals surface area contributed by atoms with Crippen LogP contribution in [0.3, 0.4) is 0 Å². The van der Waals surface area contributed by atoms with Crippen LogP contribution in [0.25, 0.3) is 6.08 Å². The van der Waals surface area contributed by atoms with Crippen molar-refractivity contribution in [2.45, 2.75) is 0 Å². The Hall–Kier alpha value is -2.14. The molecule has 84 valence electrons. The first-order valence-corrected chi connectivity index (χ1v) is 5.95. The van der Waals surface area contributed by atoms with Gasteiger partial charge in [-0.05, 0) is 40.6 Å². The highest BCUT2D eigenvalue weighted by Gasteiger charge is 2.22. The van der Waals surface area contributed by atoms with Crippen LogP contribution in [0.4, 0.5) is 5.82 Å². The summed E-state index contributed by atoms with van der Waals surface area (Å²) in [7, 11) is 0. The van der Waals surface area contributed by atoms with Crippen LogP contribution in [-0.4, -0.2) is 10.9 Å². The molecule has 2 aromatic heterocycles. The Kier molecular flexibility index (Phi) is 2.38. The van der Waals surface area contributed by atoms with E-state index in [2.05, 4.69) is 10.3 Å². The van der Waals surface area contributed by atoms with Crippen molar-refractivity contribution in [3.05, 3.63) is 46.5 Å². The van der Waals surface area contributed by atoms with Crippen molar-refractivity contribution >= 4 is 29.1 Å². The molecule has 0 saturated heterocycles. The molecule has 1 aliphatic rings. The van der Waals surface area contributed by atoms with Crippen LogP contribution in [0.2, 0.25) is 0 Å². The molecule has 0 aromatic carbocycles. The van der Waals surface area contributed by atoms with E-state index in [-0.39, 0.29) is 11.7 Å². The van der Waals surface area contributed by atoms with Crippen molar-refractivity contribution < 1.29 is 9.53 Å². The van der Waals surface area contributed by atoms with Gasteiger partial charge in [0.2, 0.25) is 0 Å². The number of rotatable bonds is 1. The lowest BCUT2D eigenvalue weighted by Crippen LogP contribution is -2.24. The number of hydrogen-bond acceptors (Lipinski definition) is 4. The highest BCUT2D eigenvalue weighted by molar-refractivity contribution is 7.08. The fourth-order valence-corrected chi connectivity index (χ4v) is 2.12. The molecule has 0 saturated carbocycles. The highest BCUT2D eigenvalue weighted by Crippen LogP contribution is 2.28. The first-order valence-electron chi connectivity index (χ1n) is 5.01. The average Bonchev–Trinajstić information content (AvgIpc) is 2.83. The summed E-state index contributed by atoms with van der Waals surface area (Å²) in [6, 6.07) is 5.45. The summed E-state index contributed by atoms with van der Waals surface area (Å²) in [6.07, 6.45) is 3.32. The number of amides is 1. The summed E-state index contributed by atoms with van der Waals surface area (Å²) >= 11 is 1.57. The van der Waals surface area contributed by atoms with Crippen LogP contribution < -0.4 is 10.1 Å². The second-order valence-electron chi connectivity index (χ2n) is 3.47. The molecule has 0 fully saturated rings. The van der Waals surface area contributed by atoms with E-state index >= 15 is 0 Å². The molecule has 0 bridgehead atoms. The molecule has 0 spiro atoms. The third-order valence-electron chi connectivity index (χ3n) is 2.29. The van der Waals surface area contributed by atoms with Crippen LogP contribution in [0.1, 0.15) is 5.56 Å². The largest absolute Gasteiger partial charge is 0.448 e.